The third-order valence-electron chi connectivity index (χ3n) is 4.13. The van der Waals surface area contributed by atoms with Gasteiger partial charge in [-0.1, -0.05) is 30.7 Å². The first-order valence-electron chi connectivity index (χ1n) is 7.05. The Morgan fingerprint density at radius 1 is 1.30 bits per heavy atom. The third kappa shape index (κ3) is 2.97. The monoisotopic (exact) mass is 296 g/mol. The number of nitrogens with one attached hydrogen (secondary N) is 2. The molecule has 2 aliphatic rings. The zero-order chi connectivity index (χ0) is 13.2. The maximum atomic E-state index is 12.2. The van der Waals surface area contributed by atoms with Crippen molar-refractivity contribution in [3.8, 4) is 0 Å². The number of aliphatic hydroxyl groups is 1. The van der Waals surface area contributed by atoms with Crippen LogP contribution in [-0.4, -0.2) is 29.7 Å². The van der Waals surface area contributed by atoms with Crippen molar-refractivity contribution in [2.75, 3.05) is 6.54 Å². The van der Waals surface area contributed by atoms with E-state index in [0.717, 1.165) is 36.9 Å². The standard InChI is InChI=1S/C15H20N2O2.ClH/c18-13-9-10-5-1-2-6-11(10)14(13)17-15(19)12-7-3-4-8-16-12;/h1-2,5-6,12-14,16,18H,3-4,7-9H2,(H,17,19);1H/t12-,13+,14-;/m1./s1. The zero-order valence-corrected chi connectivity index (χ0v) is 12.2. The number of amides is 1. The summed E-state index contributed by atoms with van der Waals surface area (Å²) < 4.78 is 0. The molecule has 1 amide bonds. The van der Waals surface area contributed by atoms with Crippen LogP contribution in [0.3, 0.4) is 0 Å². The second kappa shape index (κ2) is 6.57. The highest BCUT2D eigenvalue weighted by molar-refractivity contribution is 5.85. The molecule has 1 aliphatic heterocycles. The summed E-state index contributed by atoms with van der Waals surface area (Å²) in [7, 11) is 0. The molecule has 20 heavy (non-hydrogen) atoms. The maximum absolute atomic E-state index is 12.2. The fourth-order valence-corrected chi connectivity index (χ4v) is 3.08. The number of carbonyl (C=O) groups is 1. The number of benzene rings is 1. The van der Waals surface area contributed by atoms with Gasteiger partial charge in [0.05, 0.1) is 18.2 Å². The van der Waals surface area contributed by atoms with Crippen molar-refractivity contribution in [1.29, 1.82) is 0 Å². The van der Waals surface area contributed by atoms with Gasteiger partial charge in [-0.05, 0) is 30.5 Å². The molecule has 0 spiro atoms. The Morgan fingerprint density at radius 2 is 2.10 bits per heavy atom. The van der Waals surface area contributed by atoms with Crippen LogP contribution in [0, 0.1) is 0 Å². The van der Waals surface area contributed by atoms with E-state index < -0.39 is 6.10 Å². The lowest BCUT2D eigenvalue weighted by Gasteiger charge is -2.26. The average molecular weight is 297 g/mol. The molecular weight excluding hydrogens is 276 g/mol. The van der Waals surface area contributed by atoms with Crippen molar-refractivity contribution in [2.45, 2.75) is 43.9 Å². The lowest BCUT2D eigenvalue weighted by Crippen LogP contribution is -2.48. The van der Waals surface area contributed by atoms with Gasteiger partial charge in [0.1, 0.15) is 0 Å². The molecule has 110 valence electrons. The zero-order valence-electron chi connectivity index (χ0n) is 11.3. The van der Waals surface area contributed by atoms with Gasteiger partial charge in [-0.25, -0.2) is 0 Å². The van der Waals surface area contributed by atoms with Gasteiger partial charge in [0, 0.05) is 6.42 Å². The van der Waals surface area contributed by atoms with Crippen molar-refractivity contribution >= 4 is 18.3 Å². The number of hydrogen-bond acceptors (Lipinski definition) is 3. The molecule has 4 nitrogen and oxygen atoms in total. The highest BCUT2D eigenvalue weighted by Gasteiger charge is 2.33. The highest BCUT2D eigenvalue weighted by atomic mass is 35.5. The molecular formula is C15H21ClN2O2. The van der Waals surface area contributed by atoms with Crippen LogP contribution < -0.4 is 10.6 Å². The molecule has 1 aromatic carbocycles. The predicted molar refractivity (Wildman–Crippen MR) is 79.9 cm³/mol. The van der Waals surface area contributed by atoms with Gasteiger partial charge in [0.15, 0.2) is 0 Å². The van der Waals surface area contributed by atoms with Gasteiger partial charge in [-0.15, -0.1) is 12.4 Å². The molecule has 1 saturated heterocycles. The number of hydrogen-bond donors (Lipinski definition) is 3. The van der Waals surface area contributed by atoms with E-state index in [9.17, 15) is 9.90 Å². The van der Waals surface area contributed by atoms with Crippen LogP contribution in [0.4, 0.5) is 0 Å². The van der Waals surface area contributed by atoms with Crippen LogP contribution in [0.25, 0.3) is 0 Å². The summed E-state index contributed by atoms with van der Waals surface area (Å²) in [4.78, 5) is 12.2. The summed E-state index contributed by atoms with van der Waals surface area (Å²) in [5.74, 6) is 0.0143. The summed E-state index contributed by atoms with van der Waals surface area (Å²) in [6.07, 6.45) is 3.23. The molecule has 5 heteroatoms. The van der Waals surface area contributed by atoms with Crippen LogP contribution in [0.1, 0.15) is 36.4 Å². The smallest absolute Gasteiger partial charge is 0.237 e. The van der Waals surface area contributed by atoms with Gasteiger partial charge >= 0.3 is 0 Å². The largest absolute Gasteiger partial charge is 0.390 e. The Bertz CT molecular complexity index is 475. The van der Waals surface area contributed by atoms with Crippen molar-refractivity contribution in [3.63, 3.8) is 0 Å². The first-order chi connectivity index (χ1) is 9.25. The fourth-order valence-electron chi connectivity index (χ4n) is 3.08. The Morgan fingerprint density at radius 3 is 2.85 bits per heavy atom. The van der Waals surface area contributed by atoms with E-state index in [2.05, 4.69) is 10.6 Å². The van der Waals surface area contributed by atoms with Gasteiger partial charge in [-0.3, -0.25) is 4.79 Å². The molecule has 1 aliphatic carbocycles. The summed E-state index contributed by atoms with van der Waals surface area (Å²) in [6, 6.07) is 7.57. The molecule has 1 aromatic rings. The Balaban J connectivity index is 0.00000147. The lowest BCUT2D eigenvalue weighted by atomic mass is 10.0. The van der Waals surface area contributed by atoms with Crippen LogP contribution in [0.15, 0.2) is 24.3 Å². The normalized spacial score (nSPS) is 28.4. The van der Waals surface area contributed by atoms with Crippen molar-refractivity contribution in [2.24, 2.45) is 0 Å². The van der Waals surface area contributed by atoms with E-state index in [1.54, 1.807) is 0 Å². The molecule has 3 atom stereocenters. The van der Waals surface area contributed by atoms with E-state index in [4.69, 9.17) is 0 Å². The van der Waals surface area contributed by atoms with Gasteiger partial charge in [0.2, 0.25) is 5.91 Å². The summed E-state index contributed by atoms with van der Waals surface area (Å²) in [5, 5.41) is 16.4. The van der Waals surface area contributed by atoms with Crippen molar-refractivity contribution < 1.29 is 9.90 Å². The lowest BCUT2D eigenvalue weighted by molar-refractivity contribution is -0.125. The number of piperidine rings is 1. The molecule has 1 heterocycles. The molecule has 3 N–H and O–H groups in total. The average Bonchev–Trinajstić information content (AvgIpc) is 2.76. The first kappa shape index (κ1) is 15.3. The summed E-state index contributed by atoms with van der Waals surface area (Å²) in [6.45, 7) is 0.905. The van der Waals surface area contributed by atoms with E-state index in [1.165, 1.54) is 0 Å². The van der Waals surface area contributed by atoms with E-state index in [-0.39, 0.29) is 30.4 Å². The van der Waals surface area contributed by atoms with Gasteiger partial charge in [-0.2, -0.15) is 0 Å². The molecule has 0 saturated carbocycles. The van der Waals surface area contributed by atoms with Crippen LogP contribution >= 0.6 is 12.4 Å². The van der Waals surface area contributed by atoms with Gasteiger partial charge in [0.25, 0.3) is 0 Å². The SMILES string of the molecule is Cl.O=C(N[C@@H]1c2ccccc2C[C@@H]1O)[C@H]1CCCCN1. The second-order valence-corrected chi connectivity index (χ2v) is 5.46. The van der Waals surface area contributed by atoms with Crippen LogP contribution in [0.2, 0.25) is 0 Å². The van der Waals surface area contributed by atoms with Crippen LogP contribution in [0.5, 0.6) is 0 Å². The Kier molecular flexibility index (Phi) is 5.02. The van der Waals surface area contributed by atoms with Gasteiger partial charge < -0.3 is 15.7 Å². The maximum Gasteiger partial charge on any atom is 0.237 e. The fraction of sp³-hybridized carbons (Fsp3) is 0.533. The minimum Gasteiger partial charge on any atom is -0.390 e. The molecule has 1 fully saturated rings. The Labute approximate surface area is 125 Å². The minimum atomic E-state index is -0.509. The topological polar surface area (TPSA) is 61.4 Å². The second-order valence-electron chi connectivity index (χ2n) is 5.46. The molecule has 3 rings (SSSR count). The number of aliphatic hydroxyl groups excluding tert-OH is 1. The third-order valence-corrected chi connectivity index (χ3v) is 4.13. The van der Waals surface area contributed by atoms with Crippen molar-refractivity contribution in [1.82, 2.24) is 10.6 Å². The highest BCUT2D eigenvalue weighted by Crippen LogP contribution is 2.31. The van der Waals surface area contributed by atoms with E-state index in [1.807, 2.05) is 24.3 Å². The number of fused-ring (bicyclic) bond motifs is 1. The predicted octanol–water partition coefficient (Wildman–Crippen LogP) is 1.32. The minimum absolute atomic E-state index is 0. The molecule has 0 unspecified atom stereocenters. The molecule has 0 radical (unpaired) electrons. The van der Waals surface area contributed by atoms with E-state index >= 15 is 0 Å². The molecule has 0 bridgehead atoms. The first-order valence-corrected chi connectivity index (χ1v) is 7.05. The number of halogens is 1. The summed E-state index contributed by atoms with van der Waals surface area (Å²) in [5.41, 5.74) is 2.19. The number of rotatable bonds is 2. The Hall–Kier alpha value is -1.10. The van der Waals surface area contributed by atoms with Crippen LogP contribution in [-0.2, 0) is 11.2 Å². The quantitative estimate of drug-likeness (QED) is 0.771. The van der Waals surface area contributed by atoms with Crippen molar-refractivity contribution in [3.05, 3.63) is 35.4 Å². The van der Waals surface area contributed by atoms with E-state index in [0.29, 0.717) is 6.42 Å². The number of carbonyl (C=O) groups excluding carboxylic acids is 1. The summed E-state index contributed by atoms with van der Waals surface area (Å²) >= 11 is 0. The molecule has 0 aromatic heterocycles.